The largest absolute Gasteiger partial charge is 0.548 e. The van der Waals surface area contributed by atoms with Gasteiger partial charge in [0.25, 0.3) is 0 Å². The molecule has 0 aliphatic carbocycles. The summed E-state index contributed by atoms with van der Waals surface area (Å²) < 4.78 is 0. The van der Waals surface area contributed by atoms with Crippen LogP contribution in [0.3, 0.4) is 0 Å². The number of amidine groups is 1. The molecule has 1 atom stereocenters. The van der Waals surface area contributed by atoms with Crippen LogP contribution < -0.4 is 10.4 Å². The van der Waals surface area contributed by atoms with Crippen LogP contribution in [0.4, 0.5) is 0 Å². The molecule has 0 saturated carbocycles. The molecule has 0 saturated heterocycles. The molecule has 0 spiro atoms. The normalized spacial score (nSPS) is 24.9. The van der Waals surface area contributed by atoms with Crippen molar-refractivity contribution in [1.82, 2.24) is 5.32 Å². The molecule has 1 N–H and O–H groups in total. The van der Waals surface area contributed by atoms with E-state index in [0.717, 1.165) is 0 Å². The third-order valence-electron chi connectivity index (χ3n) is 1.43. The Balaban J connectivity index is 2.53. The molecular formula is C6H9N2O2-. The van der Waals surface area contributed by atoms with Gasteiger partial charge in [-0.15, -0.1) is 0 Å². The van der Waals surface area contributed by atoms with Crippen LogP contribution in [0, 0.1) is 0 Å². The van der Waals surface area contributed by atoms with Gasteiger partial charge in [-0.05, 0) is 13.3 Å². The van der Waals surface area contributed by atoms with Gasteiger partial charge >= 0.3 is 0 Å². The SMILES string of the molecule is CC1=NCCC(C(=O)[O-])N1. The van der Waals surface area contributed by atoms with Crippen LogP contribution in [0.2, 0.25) is 0 Å². The van der Waals surface area contributed by atoms with E-state index in [4.69, 9.17) is 0 Å². The molecular weight excluding hydrogens is 132 g/mol. The summed E-state index contributed by atoms with van der Waals surface area (Å²) in [5.74, 6) is -0.366. The Morgan fingerprint density at radius 1 is 1.90 bits per heavy atom. The number of hydrogen-bond donors (Lipinski definition) is 1. The summed E-state index contributed by atoms with van der Waals surface area (Å²) in [6, 6.07) is -0.544. The molecule has 0 aromatic rings. The van der Waals surface area contributed by atoms with Crippen molar-refractivity contribution < 1.29 is 9.90 Å². The highest BCUT2D eigenvalue weighted by Crippen LogP contribution is 1.97. The van der Waals surface area contributed by atoms with E-state index in [-0.39, 0.29) is 0 Å². The molecule has 10 heavy (non-hydrogen) atoms. The monoisotopic (exact) mass is 141 g/mol. The summed E-state index contributed by atoms with van der Waals surface area (Å²) in [7, 11) is 0. The van der Waals surface area contributed by atoms with Gasteiger partial charge in [0.05, 0.1) is 17.8 Å². The van der Waals surface area contributed by atoms with E-state index in [0.29, 0.717) is 18.8 Å². The van der Waals surface area contributed by atoms with Crippen molar-refractivity contribution in [3.63, 3.8) is 0 Å². The smallest absolute Gasteiger partial charge is 0.0936 e. The molecule has 0 radical (unpaired) electrons. The standard InChI is InChI=1S/C6H10N2O2/c1-4-7-3-2-5(8-4)6(9)10/h5H,2-3H2,1H3,(H,7,8)(H,9,10)/p-1. The Labute approximate surface area is 59.0 Å². The second-order valence-corrected chi connectivity index (χ2v) is 2.27. The van der Waals surface area contributed by atoms with Crippen LogP contribution in [0.5, 0.6) is 0 Å². The molecule has 1 unspecified atom stereocenters. The van der Waals surface area contributed by atoms with Gasteiger partial charge in [0.2, 0.25) is 0 Å². The molecule has 0 aromatic carbocycles. The summed E-state index contributed by atoms with van der Waals surface area (Å²) in [6.07, 6.45) is 0.527. The Morgan fingerprint density at radius 2 is 2.60 bits per heavy atom. The van der Waals surface area contributed by atoms with Crippen LogP contribution in [0.15, 0.2) is 4.99 Å². The van der Waals surface area contributed by atoms with Crippen molar-refractivity contribution >= 4 is 11.8 Å². The first-order valence-electron chi connectivity index (χ1n) is 3.18. The van der Waals surface area contributed by atoms with Gasteiger partial charge in [-0.25, -0.2) is 0 Å². The van der Waals surface area contributed by atoms with E-state index in [9.17, 15) is 9.90 Å². The van der Waals surface area contributed by atoms with Crippen LogP contribution in [-0.4, -0.2) is 24.4 Å². The van der Waals surface area contributed by atoms with Gasteiger partial charge < -0.3 is 15.2 Å². The molecule has 0 fully saturated rings. The van der Waals surface area contributed by atoms with Gasteiger partial charge in [-0.1, -0.05) is 0 Å². The molecule has 4 heteroatoms. The number of carboxylic acid groups (broad SMARTS) is 1. The van der Waals surface area contributed by atoms with Crippen molar-refractivity contribution in [2.24, 2.45) is 4.99 Å². The van der Waals surface area contributed by atoms with Crippen LogP contribution in [0.25, 0.3) is 0 Å². The number of nitrogens with one attached hydrogen (secondary N) is 1. The third-order valence-corrected chi connectivity index (χ3v) is 1.43. The molecule has 1 aliphatic rings. The quantitative estimate of drug-likeness (QED) is 0.484. The lowest BCUT2D eigenvalue weighted by Gasteiger charge is -2.23. The maximum Gasteiger partial charge on any atom is 0.0936 e. The maximum atomic E-state index is 10.3. The first-order valence-corrected chi connectivity index (χ1v) is 3.18. The van der Waals surface area contributed by atoms with E-state index in [1.165, 1.54) is 0 Å². The molecule has 1 rings (SSSR count). The minimum Gasteiger partial charge on any atom is -0.548 e. The van der Waals surface area contributed by atoms with E-state index < -0.39 is 12.0 Å². The fourth-order valence-corrected chi connectivity index (χ4v) is 0.908. The Bertz CT molecular complexity index is 177. The van der Waals surface area contributed by atoms with Gasteiger partial charge in [-0.2, -0.15) is 0 Å². The average molecular weight is 141 g/mol. The summed E-state index contributed by atoms with van der Waals surface area (Å²) in [6.45, 7) is 2.33. The third kappa shape index (κ3) is 1.46. The van der Waals surface area contributed by atoms with Crippen molar-refractivity contribution in [2.75, 3.05) is 6.54 Å². The maximum absolute atomic E-state index is 10.3. The Morgan fingerprint density at radius 3 is 3.00 bits per heavy atom. The minimum absolute atomic E-state index is 0.527. The van der Waals surface area contributed by atoms with Crippen LogP contribution in [0.1, 0.15) is 13.3 Å². The lowest BCUT2D eigenvalue weighted by Crippen LogP contribution is -2.49. The molecule has 1 heterocycles. The van der Waals surface area contributed by atoms with Gasteiger partial charge in [-0.3, -0.25) is 4.99 Å². The first-order chi connectivity index (χ1) is 4.70. The highest BCUT2D eigenvalue weighted by Gasteiger charge is 2.12. The molecule has 56 valence electrons. The molecule has 0 aromatic heterocycles. The fraction of sp³-hybridized carbons (Fsp3) is 0.667. The van der Waals surface area contributed by atoms with Crippen molar-refractivity contribution in [3.8, 4) is 0 Å². The number of aliphatic imine (C=N–C) groups is 1. The van der Waals surface area contributed by atoms with E-state index in [2.05, 4.69) is 10.3 Å². The Hall–Kier alpha value is -1.06. The first kappa shape index (κ1) is 7.05. The molecule has 0 amide bonds. The second kappa shape index (κ2) is 2.68. The summed E-state index contributed by atoms with van der Waals surface area (Å²) >= 11 is 0. The number of carbonyl (C=O) groups excluding carboxylic acids is 1. The van der Waals surface area contributed by atoms with Crippen LogP contribution >= 0.6 is 0 Å². The van der Waals surface area contributed by atoms with E-state index in [1.807, 2.05) is 0 Å². The van der Waals surface area contributed by atoms with E-state index >= 15 is 0 Å². The number of nitrogens with zero attached hydrogens (tertiary/aromatic N) is 1. The zero-order chi connectivity index (χ0) is 7.56. The van der Waals surface area contributed by atoms with Crippen molar-refractivity contribution in [1.29, 1.82) is 0 Å². The summed E-state index contributed by atoms with van der Waals surface area (Å²) in [5, 5.41) is 13.0. The van der Waals surface area contributed by atoms with Crippen molar-refractivity contribution in [3.05, 3.63) is 0 Å². The minimum atomic E-state index is -1.05. The second-order valence-electron chi connectivity index (χ2n) is 2.27. The van der Waals surface area contributed by atoms with Gasteiger partial charge in [0, 0.05) is 6.54 Å². The topological polar surface area (TPSA) is 64.5 Å². The fourth-order valence-electron chi connectivity index (χ4n) is 0.908. The highest BCUT2D eigenvalue weighted by atomic mass is 16.4. The lowest BCUT2D eigenvalue weighted by molar-refractivity contribution is -0.308. The number of rotatable bonds is 1. The highest BCUT2D eigenvalue weighted by molar-refractivity contribution is 5.85. The Kier molecular flexibility index (Phi) is 1.89. The average Bonchev–Trinajstić information content (AvgIpc) is 1.88. The van der Waals surface area contributed by atoms with Crippen molar-refractivity contribution in [2.45, 2.75) is 19.4 Å². The molecule has 1 aliphatic heterocycles. The lowest BCUT2D eigenvalue weighted by atomic mass is 10.2. The predicted octanol–water partition coefficient (Wildman–Crippen LogP) is -1.48. The van der Waals surface area contributed by atoms with E-state index in [1.54, 1.807) is 6.92 Å². The molecule has 4 nitrogen and oxygen atoms in total. The number of carbonyl (C=O) groups is 1. The van der Waals surface area contributed by atoms with Gasteiger partial charge in [0.1, 0.15) is 0 Å². The molecule has 0 bridgehead atoms. The summed E-state index contributed by atoms with van der Waals surface area (Å²) in [5.41, 5.74) is 0. The summed E-state index contributed by atoms with van der Waals surface area (Å²) in [4.78, 5) is 14.2. The number of aliphatic carboxylic acids is 1. The zero-order valence-corrected chi connectivity index (χ0v) is 5.76. The zero-order valence-electron chi connectivity index (χ0n) is 5.76. The van der Waals surface area contributed by atoms with Gasteiger partial charge in [0.15, 0.2) is 0 Å². The number of carboxylic acids is 1. The predicted molar refractivity (Wildman–Crippen MR) is 34.5 cm³/mol. The van der Waals surface area contributed by atoms with Crippen LogP contribution in [-0.2, 0) is 4.79 Å². The number of hydrogen-bond acceptors (Lipinski definition) is 4.